The van der Waals surface area contributed by atoms with E-state index in [-0.39, 0.29) is 12.4 Å². The molecule has 1 aromatic carbocycles. The number of rotatable bonds is 9. The largest absolute Gasteiger partial charge is 0.496 e. The molecule has 0 saturated carbocycles. The Kier molecular flexibility index (Phi) is 7.00. The van der Waals surface area contributed by atoms with Crippen molar-refractivity contribution in [3.8, 4) is 5.75 Å². The van der Waals surface area contributed by atoms with Crippen LogP contribution in [-0.2, 0) is 11.3 Å². The summed E-state index contributed by atoms with van der Waals surface area (Å²) in [5.41, 5.74) is 7.16. The van der Waals surface area contributed by atoms with Gasteiger partial charge in [0.1, 0.15) is 11.6 Å². The molecule has 0 amide bonds. The van der Waals surface area contributed by atoms with Crippen LogP contribution in [0.4, 0.5) is 0 Å². The van der Waals surface area contributed by atoms with Gasteiger partial charge in [-0.3, -0.25) is 10.3 Å². The van der Waals surface area contributed by atoms with E-state index < -0.39 is 0 Å². The lowest BCUT2D eigenvalue weighted by Gasteiger charge is -2.21. The van der Waals surface area contributed by atoms with Crippen molar-refractivity contribution in [2.75, 3.05) is 40.5 Å². The first-order valence-corrected chi connectivity index (χ1v) is 6.45. The molecule has 6 heteroatoms. The highest BCUT2D eigenvalue weighted by Crippen LogP contribution is 2.20. The zero-order valence-electron chi connectivity index (χ0n) is 12.1. The van der Waals surface area contributed by atoms with Crippen LogP contribution in [0.1, 0.15) is 11.1 Å². The summed E-state index contributed by atoms with van der Waals surface area (Å²) in [4.78, 5) is 2.08. The van der Waals surface area contributed by atoms with Gasteiger partial charge in [0, 0.05) is 26.7 Å². The Balaban J connectivity index is 2.84. The minimum absolute atomic E-state index is 0.0192. The van der Waals surface area contributed by atoms with E-state index in [1.807, 2.05) is 12.1 Å². The summed E-state index contributed by atoms with van der Waals surface area (Å²) in [5, 5.41) is 16.7. The minimum Gasteiger partial charge on any atom is -0.496 e. The van der Waals surface area contributed by atoms with E-state index in [1.165, 1.54) is 0 Å². The van der Waals surface area contributed by atoms with Crippen molar-refractivity contribution in [2.24, 2.45) is 5.73 Å². The molecule has 0 heterocycles. The quantitative estimate of drug-likeness (QED) is 0.451. The number of nitrogen functional groups attached to an aromatic ring is 1. The SMILES string of the molecule is COCCN(CCO)Cc1ccc(OC)c(C(=N)N)c1. The Hall–Kier alpha value is -1.63. The second-order valence-corrected chi connectivity index (χ2v) is 4.44. The Labute approximate surface area is 119 Å². The first-order chi connectivity index (χ1) is 9.62. The van der Waals surface area contributed by atoms with Gasteiger partial charge in [-0.1, -0.05) is 6.07 Å². The third-order valence-electron chi connectivity index (χ3n) is 2.99. The van der Waals surface area contributed by atoms with E-state index in [9.17, 15) is 0 Å². The molecule has 0 aliphatic heterocycles. The molecule has 6 nitrogen and oxygen atoms in total. The highest BCUT2D eigenvalue weighted by molar-refractivity contribution is 5.97. The van der Waals surface area contributed by atoms with Gasteiger partial charge in [0.05, 0.1) is 25.9 Å². The lowest BCUT2D eigenvalue weighted by Crippen LogP contribution is -2.30. The Morgan fingerprint density at radius 3 is 2.65 bits per heavy atom. The lowest BCUT2D eigenvalue weighted by molar-refractivity contribution is 0.127. The van der Waals surface area contributed by atoms with Gasteiger partial charge in [0.25, 0.3) is 0 Å². The first-order valence-electron chi connectivity index (χ1n) is 6.45. The monoisotopic (exact) mass is 281 g/mol. The van der Waals surface area contributed by atoms with Gasteiger partial charge in [-0.25, -0.2) is 0 Å². The topological polar surface area (TPSA) is 91.8 Å². The minimum atomic E-state index is -0.0192. The zero-order chi connectivity index (χ0) is 15.0. The fraction of sp³-hybridized carbons (Fsp3) is 0.500. The van der Waals surface area contributed by atoms with Crippen molar-refractivity contribution in [3.05, 3.63) is 29.3 Å². The van der Waals surface area contributed by atoms with Gasteiger partial charge in [-0.15, -0.1) is 0 Å². The molecule has 0 atom stereocenters. The van der Waals surface area contributed by atoms with Crippen LogP contribution < -0.4 is 10.5 Å². The molecule has 0 aliphatic rings. The van der Waals surface area contributed by atoms with Crippen LogP contribution in [0.15, 0.2) is 18.2 Å². The van der Waals surface area contributed by atoms with E-state index in [0.717, 1.165) is 12.1 Å². The molecule has 0 aliphatic carbocycles. The number of nitrogens with zero attached hydrogens (tertiary/aromatic N) is 1. The number of hydrogen-bond donors (Lipinski definition) is 3. The predicted octanol–water partition coefficient (Wildman–Crippen LogP) is 0.420. The van der Waals surface area contributed by atoms with Gasteiger partial charge in [-0.2, -0.15) is 0 Å². The first kappa shape index (κ1) is 16.4. The Morgan fingerprint density at radius 2 is 2.10 bits per heavy atom. The molecule has 0 bridgehead atoms. The van der Waals surface area contributed by atoms with Gasteiger partial charge < -0.3 is 20.3 Å². The summed E-state index contributed by atoms with van der Waals surface area (Å²) in [7, 11) is 3.20. The third-order valence-corrected chi connectivity index (χ3v) is 2.99. The molecule has 0 saturated heterocycles. The number of aliphatic hydroxyl groups excluding tert-OH is 1. The summed E-state index contributed by atoms with van der Waals surface area (Å²) in [6.07, 6.45) is 0. The van der Waals surface area contributed by atoms with Crippen molar-refractivity contribution >= 4 is 5.84 Å². The molecule has 1 rings (SSSR count). The number of amidine groups is 1. The van der Waals surface area contributed by atoms with E-state index in [1.54, 1.807) is 20.3 Å². The molecule has 1 aromatic rings. The van der Waals surface area contributed by atoms with E-state index in [0.29, 0.717) is 31.0 Å². The predicted molar refractivity (Wildman–Crippen MR) is 78.2 cm³/mol. The molecule has 20 heavy (non-hydrogen) atoms. The summed E-state index contributed by atoms with van der Waals surface area (Å²) in [6, 6.07) is 5.58. The average Bonchev–Trinajstić information content (AvgIpc) is 2.44. The van der Waals surface area contributed by atoms with E-state index >= 15 is 0 Å². The number of ether oxygens (including phenoxy) is 2. The molecule has 4 N–H and O–H groups in total. The van der Waals surface area contributed by atoms with Crippen LogP contribution in [0.25, 0.3) is 0 Å². The summed E-state index contributed by atoms with van der Waals surface area (Å²) in [6.45, 7) is 2.67. The van der Waals surface area contributed by atoms with Crippen molar-refractivity contribution in [1.29, 1.82) is 5.41 Å². The normalized spacial score (nSPS) is 10.8. The van der Waals surface area contributed by atoms with Crippen LogP contribution in [0.3, 0.4) is 0 Å². The molecular formula is C14H23N3O3. The number of methoxy groups -OCH3 is 2. The second-order valence-electron chi connectivity index (χ2n) is 4.44. The van der Waals surface area contributed by atoms with Crippen LogP contribution in [-0.4, -0.2) is 56.4 Å². The van der Waals surface area contributed by atoms with E-state index in [2.05, 4.69) is 4.90 Å². The van der Waals surface area contributed by atoms with Crippen molar-refractivity contribution in [2.45, 2.75) is 6.54 Å². The molecule has 112 valence electrons. The standard InChI is InChI=1S/C14H23N3O3/c1-19-8-6-17(5-7-18)10-11-3-4-13(20-2)12(9-11)14(15)16/h3-4,9,18H,5-8,10H2,1-2H3,(H3,15,16). The number of nitrogens with one attached hydrogen (secondary N) is 1. The van der Waals surface area contributed by atoms with Gasteiger partial charge in [-0.05, 0) is 17.7 Å². The highest BCUT2D eigenvalue weighted by atomic mass is 16.5. The summed E-state index contributed by atoms with van der Waals surface area (Å²) in [5.74, 6) is 0.571. The van der Waals surface area contributed by atoms with Crippen LogP contribution in [0, 0.1) is 5.41 Å². The molecule has 0 fully saturated rings. The van der Waals surface area contributed by atoms with Crippen molar-refractivity contribution in [1.82, 2.24) is 4.90 Å². The number of benzene rings is 1. The Bertz CT molecular complexity index is 438. The number of nitrogens with two attached hydrogens (primary N) is 1. The maximum atomic E-state index is 9.08. The fourth-order valence-corrected chi connectivity index (χ4v) is 1.95. The van der Waals surface area contributed by atoms with Crippen molar-refractivity contribution < 1.29 is 14.6 Å². The Morgan fingerprint density at radius 1 is 1.35 bits per heavy atom. The van der Waals surface area contributed by atoms with Crippen LogP contribution in [0.2, 0.25) is 0 Å². The van der Waals surface area contributed by atoms with Crippen LogP contribution in [0.5, 0.6) is 5.75 Å². The highest BCUT2D eigenvalue weighted by Gasteiger charge is 2.10. The van der Waals surface area contributed by atoms with Crippen molar-refractivity contribution in [3.63, 3.8) is 0 Å². The van der Waals surface area contributed by atoms with Crippen LogP contribution >= 0.6 is 0 Å². The second kappa shape index (κ2) is 8.52. The molecule has 0 aromatic heterocycles. The smallest absolute Gasteiger partial charge is 0.129 e. The van der Waals surface area contributed by atoms with Gasteiger partial charge >= 0.3 is 0 Å². The average molecular weight is 281 g/mol. The van der Waals surface area contributed by atoms with E-state index in [4.69, 9.17) is 25.7 Å². The van der Waals surface area contributed by atoms with Gasteiger partial charge in [0.2, 0.25) is 0 Å². The van der Waals surface area contributed by atoms with Gasteiger partial charge in [0.15, 0.2) is 0 Å². The summed E-state index contributed by atoms with van der Waals surface area (Å²) < 4.78 is 10.2. The molecule has 0 unspecified atom stereocenters. The number of aliphatic hydroxyl groups is 1. The third kappa shape index (κ3) is 4.80. The molecule has 0 spiro atoms. The fourth-order valence-electron chi connectivity index (χ4n) is 1.95. The maximum absolute atomic E-state index is 9.08. The molecule has 0 radical (unpaired) electrons. The number of hydrogen-bond acceptors (Lipinski definition) is 5. The zero-order valence-corrected chi connectivity index (χ0v) is 12.1. The lowest BCUT2D eigenvalue weighted by atomic mass is 10.1. The maximum Gasteiger partial charge on any atom is 0.129 e. The summed E-state index contributed by atoms with van der Waals surface area (Å²) >= 11 is 0. The molecular weight excluding hydrogens is 258 g/mol.